The molecular formula is C10H22. The Morgan fingerprint density at radius 1 is 1.20 bits per heavy atom. The van der Waals surface area contributed by atoms with Crippen molar-refractivity contribution in [2.75, 3.05) is 0 Å². The zero-order valence-electron chi connectivity index (χ0n) is 8.20. The maximum atomic E-state index is 2.36. The molecule has 0 aromatic carbocycles. The SMILES string of the molecule is CCC(C)CC(C)(C)CC. The highest BCUT2D eigenvalue weighted by Gasteiger charge is 2.17. The van der Waals surface area contributed by atoms with Gasteiger partial charge in [-0.15, -0.1) is 0 Å². The summed E-state index contributed by atoms with van der Waals surface area (Å²) in [6.07, 6.45) is 4.00. The first-order chi connectivity index (χ1) is 4.52. The zero-order chi connectivity index (χ0) is 8.20. The molecule has 0 aromatic heterocycles. The van der Waals surface area contributed by atoms with E-state index in [-0.39, 0.29) is 0 Å². The topological polar surface area (TPSA) is 0 Å². The Hall–Kier alpha value is 0. The predicted molar refractivity (Wildman–Crippen MR) is 48.1 cm³/mol. The van der Waals surface area contributed by atoms with Gasteiger partial charge < -0.3 is 0 Å². The molecule has 1 unspecified atom stereocenters. The summed E-state index contributed by atoms with van der Waals surface area (Å²) in [6, 6.07) is 0. The van der Waals surface area contributed by atoms with E-state index in [4.69, 9.17) is 0 Å². The second-order valence-corrected chi connectivity index (χ2v) is 4.24. The van der Waals surface area contributed by atoms with Gasteiger partial charge in [-0.1, -0.05) is 47.5 Å². The Labute approximate surface area is 66.0 Å². The summed E-state index contributed by atoms with van der Waals surface area (Å²) in [4.78, 5) is 0. The standard InChI is InChI=1S/C10H22/c1-6-9(3)8-10(4,5)7-2/h9H,6-8H2,1-5H3. The van der Waals surface area contributed by atoms with Crippen molar-refractivity contribution in [1.82, 2.24) is 0 Å². The van der Waals surface area contributed by atoms with E-state index in [0.717, 1.165) is 5.92 Å². The first-order valence-electron chi connectivity index (χ1n) is 4.52. The van der Waals surface area contributed by atoms with Crippen LogP contribution in [0.1, 0.15) is 53.9 Å². The molecule has 0 aliphatic rings. The minimum absolute atomic E-state index is 0.565. The van der Waals surface area contributed by atoms with Crippen molar-refractivity contribution in [3.8, 4) is 0 Å². The summed E-state index contributed by atoms with van der Waals surface area (Å²) >= 11 is 0. The lowest BCUT2D eigenvalue weighted by molar-refractivity contribution is 0.263. The molecule has 0 aliphatic heterocycles. The van der Waals surface area contributed by atoms with Crippen molar-refractivity contribution >= 4 is 0 Å². The van der Waals surface area contributed by atoms with E-state index in [1.54, 1.807) is 0 Å². The van der Waals surface area contributed by atoms with Crippen LogP contribution >= 0.6 is 0 Å². The first kappa shape index (κ1) is 10.0. The van der Waals surface area contributed by atoms with E-state index in [1.807, 2.05) is 0 Å². The summed E-state index contributed by atoms with van der Waals surface area (Å²) in [7, 11) is 0. The van der Waals surface area contributed by atoms with Crippen LogP contribution in [0.3, 0.4) is 0 Å². The van der Waals surface area contributed by atoms with Gasteiger partial charge in [0.05, 0.1) is 0 Å². The molecule has 0 rings (SSSR count). The van der Waals surface area contributed by atoms with Crippen LogP contribution in [0, 0.1) is 11.3 Å². The van der Waals surface area contributed by atoms with E-state index >= 15 is 0 Å². The predicted octanol–water partition coefficient (Wildman–Crippen LogP) is 3.86. The van der Waals surface area contributed by atoms with Gasteiger partial charge in [0.25, 0.3) is 0 Å². The minimum Gasteiger partial charge on any atom is -0.0651 e. The molecule has 0 saturated heterocycles. The molecule has 0 fully saturated rings. The van der Waals surface area contributed by atoms with Crippen LogP contribution in [-0.4, -0.2) is 0 Å². The maximum absolute atomic E-state index is 2.36. The quantitative estimate of drug-likeness (QED) is 0.559. The molecular weight excluding hydrogens is 120 g/mol. The lowest BCUT2D eigenvalue weighted by Gasteiger charge is -2.25. The van der Waals surface area contributed by atoms with Crippen molar-refractivity contribution < 1.29 is 0 Å². The monoisotopic (exact) mass is 142 g/mol. The molecule has 0 aliphatic carbocycles. The van der Waals surface area contributed by atoms with Crippen LogP contribution in [0.25, 0.3) is 0 Å². The fourth-order valence-electron chi connectivity index (χ4n) is 1.23. The molecule has 0 nitrogen and oxygen atoms in total. The molecule has 0 aromatic rings. The molecule has 0 N–H and O–H groups in total. The number of hydrogen-bond donors (Lipinski definition) is 0. The van der Waals surface area contributed by atoms with Gasteiger partial charge in [0.2, 0.25) is 0 Å². The molecule has 0 heterocycles. The van der Waals surface area contributed by atoms with E-state index in [2.05, 4.69) is 34.6 Å². The van der Waals surface area contributed by atoms with Crippen LogP contribution in [0.5, 0.6) is 0 Å². The van der Waals surface area contributed by atoms with Crippen LogP contribution in [0.15, 0.2) is 0 Å². The Balaban J connectivity index is 3.64. The minimum atomic E-state index is 0.565. The van der Waals surface area contributed by atoms with Gasteiger partial charge in [0, 0.05) is 0 Å². The number of rotatable bonds is 4. The lowest BCUT2D eigenvalue weighted by atomic mass is 9.80. The molecule has 0 bridgehead atoms. The normalized spacial score (nSPS) is 15.3. The van der Waals surface area contributed by atoms with Gasteiger partial charge >= 0.3 is 0 Å². The average molecular weight is 142 g/mol. The van der Waals surface area contributed by atoms with E-state index in [0.29, 0.717) is 5.41 Å². The van der Waals surface area contributed by atoms with Gasteiger partial charge in [-0.25, -0.2) is 0 Å². The molecule has 0 saturated carbocycles. The Morgan fingerprint density at radius 3 is 2.00 bits per heavy atom. The molecule has 0 radical (unpaired) electrons. The highest BCUT2D eigenvalue weighted by Crippen LogP contribution is 2.29. The lowest BCUT2D eigenvalue weighted by Crippen LogP contribution is -2.13. The van der Waals surface area contributed by atoms with E-state index in [9.17, 15) is 0 Å². The highest BCUT2D eigenvalue weighted by atomic mass is 14.2. The molecule has 0 amide bonds. The van der Waals surface area contributed by atoms with Crippen LogP contribution < -0.4 is 0 Å². The molecule has 0 spiro atoms. The Morgan fingerprint density at radius 2 is 1.70 bits per heavy atom. The van der Waals surface area contributed by atoms with Crippen molar-refractivity contribution in [3.05, 3.63) is 0 Å². The third-order valence-corrected chi connectivity index (χ3v) is 2.56. The summed E-state index contributed by atoms with van der Waals surface area (Å²) in [5.41, 5.74) is 0.565. The van der Waals surface area contributed by atoms with Gasteiger partial charge in [-0.2, -0.15) is 0 Å². The molecule has 0 heteroatoms. The maximum Gasteiger partial charge on any atom is -0.0354 e. The van der Waals surface area contributed by atoms with Gasteiger partial charge in [0.15, 0.2) is 0 Å². The highest BCUT2D eigenvalue weighted by molar-refractivity contribution is 4.68. The van der Waals surface area contributed by atoms with Crippen LogP contribution in [0.2, 0.25) is 0 Å². The van der Waals surface area contributed by atoms with Crippen LogP contribution in [0.4, 0.5) is 0 Å². The summed E-state index contributed by atoms with van der Waals surface area (Å²) in [5, 5.41) is 0. The Bertz CT molecular complexity index is 82.0. The summed E-state index contributed by atoms with van der Waals surface area (Å²) in [5.74, 6) is 0.898. The van der Waals surface area contributed by atoms with Gasteiger partial charge in [-0.05, 0) is 17.8 Å². The van der Waals surface area contributed by atoms with E-state index in [1.165, 1.54) is 19.3 Å². The van der Waals surface area contributed by atoms with Crippen molar-refractivity contribution in [2.45, 2.75) is 53.9 Å². The smallest absolute Gasteiger partial charge is 0.0354 e. The number of hydrogen-bond acceptors (Lipinski definition) is 0. The van der Waals surface area contributed by atoms with E-state index < -0.39 is 0 Å². The molecule has 10 heavy (non-hydrogen) atoms. The third-order valence-electron chi connectivity index (χ3n) is 2.56. The van der Waals surface area contributed by atoms with Crippen molar-refractivity contribution in [3.63, 3.8) is 0 Å². The summed E-state index contributed by atoms with van der Waals surface area (Å²) < 4.78 is 0. The average Bonchev–Trinajstić information content (AvgIpc) is 1.87. The summed E-state index contributed by atoms with van der Waals surface area (Å²) in [6.45, 7) is 11.6. The zero-order valence-corrected chi connectivity index (χ0v) is 8.20. The fraction of sp³-hybridized carbons (Fsp3) is 1.00. The molecule has 62 valence electrons. The first-order valence-corrected chi connectivity index (χ1v) is 4.52. The molecule has 1 atom stereocenters. The largest absolute Gasteiger partial charge is 0.0651 e. The van der Waals surface area contributed by atoms with Crippen LogP contribution in [-0.2, 0) is 0 Å². The van der Waals surface area contributed by atoms with Crippen molar-refractivity contribution in [2.24, 2.45) is 11.3 Å². The second-order valence-electron chi connectivity index (χ2n) is 4.24. The third kappa shape index (κ3) is 3.92. The fourth-order valence-corrected chi connectivity index (χ4v) is 1.23. The van der Waals surface area contributed by atoms with Gasteiger partial charge in [0.1, 0.15) is 0 Å². The van der Waals surface area contributed by atoms with Gasteiger partial charge in [-0.3, -0.25) is 0 Å². The Kier molecular flexibility index (Phi) is 4.00. The second kappa shape index (κ2) is 4.00. The van der Waals surface area contributed by atoms with Crippen molar-refractivity contribution in [1.29, 1.82) is 0 Å².